The van der Waals surface area contributed by atoms with Crippen LogP contribution in [0.15, 0.2) is 0 Å². The monoisotopic (exact) mass is 212 g/mol. The molecular formula is C11H20N2O2. The van der Waals surface area contributed by atoms with Gasteiger partial charge < -0.3 is 4.74 Å². The van der Waals surface area contributed by atoms with E-state index < -0.39 is 11.7 Å². The van der Waals surface area contributed by atoms with E-state index in [0.29, 0.717) is 12.5 Å². The van der Waals surface area contributed by atoms with Gasteiger partial charge in [0.2, 0.25) is 0 Å². The number of hydrogen-bond acceptors (Lipinski definition) is 3. The summed E-state index contributed by atoms with van der Waals surface area (Å²) in [6, 6.07) is 0. The molecular weight excluding hydrogens is 192 g/mol. The number of nitriles is 1. The number of carbonyl (C=O) groups excluding carboxylic acids is 1. The zero-order valence-electron chi connectivity index (χ0n) is 10.2. The molecule has 0 atom stereocenters. The Hall–Kier alpha value is -1.24. The van der Waals surface area contributed by atoms with Gasteiger partial charge in [-0.3, -0.25) is 0 Å². The Kier molecular flexibility index (Phi) is 5.13. The molecule has 86 valence electrons. The van der Waals surface area contributed by atoms with E-state index in [1.54, 1.807) is 20.8 Å². The van der Waals surface area contributed by atoms with Gasteiger partial charge in [0.25, 0.3) is 0 Å². The minimum Gasteiger partial charge on any atom is -0.443 e. The molecule has 4 nitrogen and oxygen atoms in total. The van der Waals surface area contributed by atoms with Crippen molar-refractivity contribution in [3.05, 3.63) is 0 Å². The van der Waals surface area contributed by atoms with Crippen molar-refractivity contribution in [3.63, 3.8) is 0 Å². The van der Waals surface area contributed by atoms with Gasteiger partial charge in [-0.1, -0.05) is 13.8 Å². The van der Waals surface area contributed by atoms with Crippen LogP contribution in [-0.2, 0) is 4.74 Å². The highest BCUT2D eigenvalue weighted by molar-refractivity contribution is 5.69. The molecule has 0 N–H and O–H groups in total. The molecule has 0 fully saturated rings. The fraction of sp³-hybridized carbons (Fsp3) is 0.818. The molecule has 0 rings (SSSR count). The van der Waals surface area contributed by atoms with Crippen molar-refractivity contribution in [2.75, 3.05) is 6.54 Å². The summed E-state index contributed by atoms with van der Waals surface area (Å²) in [6.07, 6.45) is 2.07. The van der Waals surface area contributed by atoms with Crippen molar-refractivity contribution < 1.29 is 9.53 Å². The van der Waals surface area contributed by atoms with Crippen LogP contribution < -0.4 is 0 Å². The Morgan fingerprint density at radius 2 is 2.00 bits per heavy atom. The van der Waals surface area contributed by atoms with Gasteiger partial charge in [0.15, 0.2) is 6.19 Å². The van der Waals surface area contributed by atoms with Crippen molar-refractivity contribution >= 4 is 6.09 Å². The topological polar surface area (TPSA) is 53.3 Å². The van der Waals surface area contributed by atoms with Crippen LogP contribution in [0, 0.1) is 17.4 Å². The number of nitrogens with zero attached hydrogens (tertiary/aromatic N) is 2. The third-order valence-electron chi connectivity index (χ3n) is 1.66. The van der Waals surface area contributed by atoms with E-state index in [1.807, 2.05) is 20.0 Å². The fourth-order valence-corrected chi connectivity index (χ4v) is 0.886. The standard InChI is InChI=1S/C11H20N2O2/c1-9(2)6-7-13(8-12)10(14)15-11(3,4)5/h9H,6-7H2,1-5H3. The molecule has 0 radical (unpaired) electrons. The molecule has 0 unspecified atom stereocenters. The van der Waals surface area contributed by atoms with Crippen LogP contribution in [0.25, 0.3) is 0 Å². The maximum absolute atomic E-state index is 11.5. The lowest BCUT2D eigenvalue weighted by Gasteiger charge is -2.23. The molecule has 0 aromatic rings. The number of hydrogen-bond donors (Lipinski definition) is 0. The maximum atomic E-state index is 11.5. The maximum Gasteiger partial charge on any atom is 0.423 e. The SMILES string of the molecule is CC(C)CCN(C#N)C(=O)OC(C)(C)C. The van der Waals surface area contributed by atoms with Gasteiger partial charge in [-0.15, -0.1) is 0 Å². The molecule has 0 aliphatic heterocycles. The third kappa shape index (κ3) is 6.78. The highest BCUT2D eigenvalue weighted by atomic mass is 16.6. The van der Waals surface area contributed by atoms with Gasteiger partial charge >= 0.3 is 6.09 Å². The predicted octanol–water partition coefficient (Wildman–Crippen LogP) is 2.75. The van der Waals surface area contributed by atoms with E-state index >= 15 is 0 Å². The lowest BCUT2D eigenvalue weighted by atomic mass is 10.1. The summed E-state index contributed by atoms with van der Waals surface area (Å²) < 4.78 is 5.09. The van der Waals surface area contributed by atoms with Crippen LogP contribution in [0.2, 0.25) is 0 Å². The molecule has 0 spiro atoms. The highest BCUT2D eigenvalue weighted by Gasteiger charge is 2.21. The summed E-state index contributed by atoms with van der Waals surface area (Å²) in [5, 5.41) is 8.78. The van der Waals surface area contributed by atoms with E-state index in [9.17, 15) is 4.79 Å². The normalized spacial score (nSPS) is 11.0. The second-order valence-corrected chi connectivity index (χ2v) is 4.91. The van der Waals surface area contributed by atoms with E-state index in [0.717, 1.165) is 11.3 Å². The van der Waals surface area contributed by atoms with Crippen LogP contribution in [0.1, 0.15) is 41.0 Å². The van der Waals surface area contributed by atoms with Crippen LogP contribution in [0.4, 0.5) is 4.79 Å². The quantitative estimate of drug-likeness (QED) is 0.534. The van der Waals surface area contributed by atoms with E-state index in [1.165, 1.54) is 0 Å². The van der Waals surface area contributed by atoms with Crippen molar-refractivity contribution in [1.82, 2.24) is 4.90 Å². The van der Waals surface area contributed by atoms with E-state index in [4.69, 9.17) is 10.00 Å². The molecule has 0 aromatic carbocycles. The average Bonchev–Trinajstić information content (AvgIpc) is 2.01. The van der Waals surface area contributed by atoms with Crippen LogP contribution >= 0.6 is 0 Å². The predicted molar refractivity (Wildman–Crippen MR) is 58.0 cm³/mol. The molecule has 15 heavy (non-hydrogen) atoms. The second-order valence-electron chi connectivity index (χ2n) is 4.91. The van der Waals surface area contributed by atoms with Gasteiger partial charge in [-0.05, 0) is 33.1 Å². The minimum absolute atomic E-state index is 0.420. The van der Waals surface area contributed by atoms with Gasteiger partial charge in [0, 0.05) is 6.54 Å². The summed E-state index contributed by atoms with van der Waals surface area (Å²) in [5.74, 6) is 0.461. The zero-order chi connectivity index (χ0) is 12.1. The average molecular weight is 212 g/mol. The summed E-state index contributed by atoms with van der Waals surface area (Å²) in [6.45, 7) is 9.85. The summed E-state index contributed by atoms with van der Waals surface area (Å²) in [7, 11) is 0. The van der Waals surface area contributed by atoms with Crippen molar-refractivity contribution in [1.29, 1.82) is 5.26 Å². The van der Waals surface area contributed by atoms with Crippen molar-refractivity contribution in [2.45, 2.75) is 46.6 Å². The van der Waals surface area contributed by atoms with Crippen molar-refractivity contribution in [3.8, 4) is 6.19 Å². The molecule has 0 saturated carbocycles. The van der Waals surface area contributed by atoms with Gasteiger partial charge in [0.05, 0.1) is 0 Å². The summed E-state index contributed by atoms with van der Waals surface area (Å²) in [4.78, 5) is 12.5. The molecule has 0 saturated heterocycles. The van der Waals surface area contributed by atoms with Gasteiger partial charge in [0.1, 0.15) is 5.60 Å². The fourth-order valence-electron chi connectivity index (χ4n) is 0.886. The van der Waals surface area contributed by atoms with Gasteiger partial charge in [-0.25, -0.2) is 9.69 Å². The van der Waals surface area contributed by atoms with Crippen molar-refractivity contribution in [2.24, 2.45) is 5.92 Å². The van der Waals surface area contributed by atoms with Crippen LogP contribution in [-0.4, -0.2) is 23.1 Å². The lowest BCUT2D eigenvalue weighted by Crippen LogP contribution is -2.34. The first-order valence-corrected chi connectivity index (χ1v) is 5.16. The molecule has 0 heterocycles. The Morgan fingerprint density at radius 3 is 2.33 bits per heavy atom. The lowest BCUT2D eigenvalue weighted by molar-refractivity contribution is 0.0343. The Bertz CT molecular complexity index is 248. The summed E-state index contributed by atoms with van der Waals surface area (Å²) in [5.41, 5.74) is -0.552. The van der Waals surface area contributed by atoms with Gasteiger partial charge in [-0.2, -0.15) is 5.26 Å². The largest absolute Gasteiger partial charge is 0.443 e. The van der Waals surface area contributed by atoms with E-state index in [2.05, 4.69) is 0 Å². The number of ether oxygens (including phenoxy) is 1. The number of carbonyl (C=O) groups is 1. The minimum atomic E-state index is -0.564. The molecule has 0 bridgehead atoms. The first-order chi connectivity index (χ1) is 6.76. The molecule has 0 aliphatic rings. The first kappa shape index (κ1) is 13.8. The Morgan fingerprint density at radius 1 is 1.47 bits per heavy atom. The molecule has 0 aromatic heterocycles. The molecule has 1 amide bonds. The zero-order valence-corrected chi connectivity index (χ0v) is 10.2. The van der Waals surface area contributed by atoms with Crippen LogP contribution in [0.3, 0.4) is 0 Å². The smallest absolute Gasteiger partial charge is 0.423 e. The molecule has 4 heteroatoms. The number of rotatable bonds is 3. The molecule has 0 aliphatic carbocycles. The van der Waals surface area contributed by atoms with Crippen LogP contribution in [0.5, 0.6) is 0 Å². The Balaban J connectivity index is 4.19. The summed E-state index contributed by atoms with van der Waals surface area (Å²) >= 11 is 0. The Labute approximate surface area is 91.8 Å². The third-order valence-corrected chi connectivity index (χ3v) is 1.66. The second kappa shape index (κ2) is 5.59. The highest BCUT2D eigenvalue weighted by Crippen LogP contribution is 2.10. The first-order valence-electron chi connectivity index (χ1n) is 5.16. The van der Waals surface area contributed by atoms with E-state index in [-0.39, 0.29) is 0 Å². The number of amides is 1.